The SMILES string of the molecule is CC(C)n1ncc2ccc(-c3noc(N4CCN(C(=O)c5cccc(F)c5)CC4)n3)cc21. The van der Waals surface area contributed by atoms with Gasteiger partial charge in [0.15, 0.2) is 0 Å². The average molecular weight is 434 g/mol. The van der Waals surface area contributed by atoms with Gasteiger partial charge in [0.25, 0.3) is 5.91 Å². The highest BCUT2D eigenvalue weighted by Gasteiger charge is 2.25. The van der Waals surface area contributed by atoms with Crippen LogP contribution >= 0.6 is 0 Å². The molecular weight excluding hydrogens is 411 g/mol. The molecular formula is C23H23FN6O2. The van der Waals surface area contributed by atoms with Crippen molar-refractivity contribution in [2.75, 3.05) is 31.1 Å². The smallest absolute Gasteiger partial charge is 0.324 e. The van der Waals surface area contributed by atoms with Crippen LogP contribution in [0.15, 0.2) is 53.2 Å². The van der Waals surface area contributed by atoms with Crippen LogP contribution in [0.4, 0.5) is 10.4 Å². The summed E-state index contributed by atoms with van der Waals surface area (Å²) in [7, 11) is 0. The second kappa shape index (κ2) is 8.07. The lowest BCUT2D eigenvalue weighted by Gasteiger charge is -2.33. The van der Waals surface area contributed by atoms with Crippen molar-refractivity contribution >= 4 is 22.8 Å². The Kier molecular flexibility index (Phi) is 5.08. The molecule has 1 aliphatic heterocycles. The van der Waals surface area contributed by atoms with Gasteiger partial charge >= 0.3 is 6.01 Å². The highest BCUT2D eigenvalue weighted by atomic mass is 19.1. The Morgan fingerprint density at radius 1 is 1.09 bits per heavy atom. The van der Waals surface area contributed by atoms with Gasteiger partial charge in [-0.1, -0.05) is 23.4 Å². The summed E-state index contributed by atoms with van der Waals surface area (Å²) in [6.07, 6.45) is 1.85. The van der Waals surface area contributed by atoms with Gasteiger partial charge in [-0.2, -0.15) is 10.1 Å². The van der Waals surface area contributed by atoms with Crippen molar-refractivity contribution in [3.63, 3.8) is 0 Å². The molecule has 0 radical (unpaired) electrons. The molecule has 8 nitrogen and oxygen atoms in total. The molecule has 2 aromatic heterocycles. The second-order valence-corrected chi connectivity index (χ2v) is 8.15. The third kappa shape index (κ3) is 3.70. The number of piperazine rings is 1. The molecule has 4 aromatic rings. The summed E-state index contributed by atoms with van der Waals surface area (Å²) < 4.78 is 20.9. The minimum atomic E-state index is -0.414. The van der Waals surface area contributed by atoms with Crippen molar-refractivity contribution in [1.29, 1.82) is 0 Å². The van der Waals surface area contributed by atoms with Crippen molar-refractivity contribution in [3.05, 3.63) is 60.0 Å². The molecule has 32 heavy (non-hydrogen) atoms. The zero-order valence-electron chi connectivity index (χ0n) is 17.9. The number of fused-ring (bicyclic) bond motifs is 1. The minimum absolute atomic E-state index is 0.176. The lowest BCUT2D eigenvalue weighted by atomic mass is 10.1. The molecule has 5 rings (SSSR count). The normalized spacial score (nSPS) is 14.5. The molecule has 0 spiro atoms. The maximum Gasteiger partial charge on any atom is 0.324 e. The minimum Gasteiger partial charge on any atom is -0.335 e. The lowest BCUT2D eigenvalue weighted by Crippen LogP contribution is -2.49. The van der Waals surface area contributed by atoms with Gasteiger partial charge in [0.05, 0.1) is 11.7 Å². The largest absolute Gasteiger partial charge is 0.335 e. The summed E-state index contributed by atoms with van der Waals surface area (Å²) >= 11 is 0. The fraction of sp³-hybridized carbons (Fsp3) is 0.304. The Hall–Kier alpha value is -3.75. The van der Waals surface area contributed by atoms with Crippen LogP contribution in [0.25, 0.3) is 22.3 Å². The summed E-state index contributed by atoms with van der Waals surface area (Å²) in [6.45, 7) is 6.28. The zero-order chi connectivity index (χ0) is 22.2. The Balaban J connectivity index is 1.29. The van der Waals surface area contributed by atoms with Gasteiger partial charge in [-0.25, -0.2) is 4.39 Å². The maximum absolute atomic E-state index is 13.4. The summed E-state index contributed by atoms with van der Waals surface area (Å²) in [5, 5.41) is 9.67. The molecule has 0 atom stereocenters. The van der Waals surface area contributed by atoms with Crippen molar-refractivity contribution < 1.29 is 13.7 Å². The number of carbonyl (C=O) groups excluding carboxylic acids is 1. The van der Waals surface area contributed by atoms with Crippen LogP contribution < -0.4 is 4.90 Å². The Morgan fingerprint density at radius 2 is 1.91 bits per heavy atom. The number of benzene rings is 2. The number of hydrogen-bond donors (Lipinski definition) is 0. The predicted molar refractivity (Wildman–Crippen MR) is 118 cm³/mol. The number of hydrogen-bond acceptors (Lipinski definition) is 6. The number of carbonyl (C=O) groups is 1. The van der Waals surface area contributed by atoms with Crippen molar-refractivity contribution in [1.82, 2.24) is 24.8 Å². The van der Waals surface area contributed by atoms with Crippen LogP contribution in [0.3, 0.4) is 0 Å². The van der Waals surface area contributed by atoms with E-state index < -0.39 is 5.82 Å². The van der Waals surface area contributed by atoms with Crippen LogP contribution in [0.1, 0.15) is 30.2 Å². The van der Waals surface area contributed by atoms with Gasteiger partial charge in [0.2, 0.25) is 5.82 Å². The van der Waals surface area contributed by atoms with Crippen LogP contribution in [0.2, 0.25) is 0 Å². The fourth-order valence-electron chi connectivity index (χ4n) is 3.95. The van der Waals surface area contributed by atoms with E-state index in [2.05, 4.69) is 29.1 Å². The van der Waals surface area contributed by atoms with E-state index in [0.29, 0.717) is 43.6 Å². The second-order valence-electron chi connectivity index (χ2n) is 8.15. The summed E-state index contributed by atoms with van der Waals surface area (Å²) in [4.78, 5) is 20.9. The van der Waals surface area contributed by atoms with Crippen LogP contribution in [-0.2, 0) is 0 Å². The fourth-order valence-corrected chi connectivity index (χ4v) is 3.95. The number of nitrogens with zero attached hydrogens (tertiary/aromatic N) is 6. The van der Waals surface area contributed by atoms with Crippen LogP contribution in [0.5, 0.6) is 0 Å². The summed E-state index contributed by atoms with van der Waals surface area (Å²) in [5.41, 5.74) is 2.23. The topological polar surface area (TPSA) is 80.3 Å². The van der Waals surface area contributed by atoms with E-state index in [4.69, 9.17) is 4.52 Å². The number of aromatic nitrogens is 4. The number of rotatable bonds is 4. The molecule has 9 heteroatoms. The van der Waals surface area contributed by atoms with Gasteiger partial charge in [0.1, 0.15) is 5.82 Å². The number of halogens is 1. The first-order chi connectivity index (χ1) is 15.5. The lowest BCUT2D eigenvalue weighted by molar-refractivity contribution is 0.0744. The van der Waals surface area contributed by atoms with E-state index in [1.165, 1.54) is 12.1 Å². The Bertz CT molecular complexity index is 1270. The van der Waals surface area contributed by atoms with Gasteiger partial charge in [-0.3, -0.25) is 9.48 Å². The Labute approximate surface area is 184 Å². The first-order valence-corrected chi connectivity index (χ1v) is 10.6. The Morgan fingerprint density at radius 3 is 2.66 bits per heavy atom. The highest BCUT2D eigenvalue weighted by Crippen LogP contribution is 2.26. The third-order valence-electron chi connectivity index (χ3n) is 5.67. The molecule has 1 saturated heterocycles. The average Bonchev–Trinajstić information content (AvgIpc) is 3.46. The maximum atomic E-state index is 13.4. The molecule has 1 aliphatic rings. The zero-order valence-corrected chi connectivity index (χ0v) is 17.9. The highest BCUT2D eigenvalue weighted by molar-refractivity contribution is 5.94. The molecule has 164 valence electrons. The van der Waals surface area contributed by atoms with Gasteiger partial charge in [-0.15, -0.1) is 0 Å². The predicted octanol–water partition coefficient (Wildman–Crippen LogP) is 3.77. The van der Waals surface area contributed by atoms with Crippen LogP contribution in [0, 0.1) is 5.82 Å². The monoisotopic (exact) mass is 434 g/mol. The van der Waals surface area contributed by atoms with Gasteiger partial charge in [0, 0.05) is 48.7 Å². The molecule has 2 aromatic carbocycles. The number of anilines is 1. The van der Waals surface area contributed by atoms with Crippen molar-refractivity contribution in [3.8, 4) is 11.4 Å². The van der Waals surface area contributed by atoms with E-state index in [0.717, 1.165) is 16.5 Å². The van der Waals surface area contributed by atoms with Gasteiger partial charge < -0.3 is 14.3 Å². The first kappa shape index (κ1) is 20.2. The van der Waals surface area contributed by atoms with E-state index in [1.54, 1.807) is 17.0 Å². The molecule has 1 amide bonds. The molecule has 0 aliphatic carbocycles. The molecule has 0 bridgehead atoms. The van der Waals surface area contributed by atoms with E-state index in [1.807, 2.05) is 34.0 Å². The molecule has 0 unspecified atom stereocenters. The quantitative estimate of drug-likeness (QED) is 0.487. The standard InChI is InChI=1S/C23H23FN6O2/c1-15(2)30-20-13-16(6-7-18(20)14-25-30)21-26-23(32-27-21)29-10-8-28(9-11-29)22(31)17-4-3-5-19(24)12-17/h3-7,12-15H,8-11H2,1-2H3. The van der Waals surface area contributed by atoms with Crippen molar-refractivity contribution in [2.45, 2.75) is 19.9 Å². The van der Waals surface area contributed by atoms with E-state index >= 15 is 0 Å². The first-order valence-electron chi connectivity index (χ1n) is 10.6. The molecule has 3 heterocycles. The molecule has 1 fully saturated rings. The van der Waals surface area contributed by atoms with Crippen LogP contribution in [-0.4, -0.2) is 56.9 Å². The van der Waals surface area contributed by atoms with Crippen molar-refractivity contribution in [2.24, 2.45) is 0 Å². The van der Waals surface area contributed by atoms with E-state index in [-0.39, 0.29) is 11.9 Å². The molecule has 0 N–H and O–H groups in total. The summed E-state index contributed by atoms with van der Waals surface area (Å²) in [5.74, 6) is -0.0791. The molecule has 0 saturated carbocycles. The summed E-state index contributed by atoms with van der Waals surface area (Å²) in [6, 6.07) is 12.4. The van der Waals surface area contributed by atoms with E-state index in [9.17, 15) is 9.18 Å². The van der Waals surface area contributed by atoms with Gasteiger partial charge in [-0.05, 0) is 38.1 Å². The third-order valence-corrected chi connectivity index (χ3v) is 5.67. The number of amides is 1.